The number of pyridine rings is 1. The molecule has 1 aromatic carbocycles. The molecule has 1 amide bonds. The van der Waals surface area contributed by atoms with Gasteiger partial charge in [0.1, 0.15) is 0 Å². The van der Waals surface area contributed by atoms with Crippen LogP contribution in [0.25, 0.3) is 10.9 Å². The number of aromatic nitrogens is 1. The van der Waals surface area contributed by atoms with Gasteiger partial charge in [0.2, 0.25) is 0 Å². The zero-order valence-electron chi connectivity index (χ0n) is 12.9. The lowest BCUT2D eigenvalue weighted by atomic mass is 10.0. The van der Waals surface area contributed by atoms with Gasteiger partial charge in [0.05, 0.1) is 11.1 Å². The number of carbonyl (C=O) groups excluding carboxylic acids is 1. The first-order chi connectivity index (χ1) is 10.1. The van der Waals surface area contributed by atoms with Crippen molar-refractivity contribution in [2.24, 2.45) is 0 Å². The average molecular weight is 283 g/mol. The first kappa shape index (κ1) is 14.0. The summed E-state index contributed by atoms with van der Waals surface area (Å²) in [6.45, 7) is 9.34. The molecule has 0 unspecified atom stereocenters. The number of amides is 1. The Bertz CT molecular complexity index is 703. The fourth-order valence-corrected chi connectivity index (χ4v) is 3.02. The first-order valence-electron chi connectivity index (χ1n) is 7.45. The quantitative estimate of drug-likeness (QED) is 0.872. The van der Waals surface area contributed by atoms with E-state index in [0.29, 0.717) is 0 Å². The summed E-state index contributed by atoms with van der Waals surface area (Å²) >= 11 is 0. The third-order valence-corrected chi connectivity index (χ3v) is 4.01. The van der Waals surface area contributed by atoms with E-state index in [-0.39, 0.29) is 5.91 Å². The molecule has 3 rings (SSSR count). The van der Waals surface area contributed by atoms with Crippen molar-refractivity contribution in [2.45, 2.75) is 20.8 Å². The largest absolute Gasteiger partial charge is 0.336 e. The van der Waals surface area contributed by atoms with Crippen molar-refractivity contribution in [1.29, 1.82) is 0 Å². The van der Waals surface area contributed by atoms with Crippen molar-refractivity contribution in [3.63, 3.8) is 0 Å². The molecule has 4 heteroatoms. The summed E-state index contributed by atoms with van der Waals surface area (Å²) in [5.74, 6) is 0.122. The second-order valence-corrected chi connectivity index (χ2v) is 5.83. The summed E-state index contributed by atoms with van der Waals surface area (Å²) in [6, 6.07) is 6.11. The predicted molar refractivity (Wildman–Crippen MR) is 84.7 cm³/mol. The van der Waals surface area contributed by atoms with Crippen molar-refractivity contribution >= 4 is 16.8 Å². The van der Waals surface area contributed by atoms with Crippen LogP contribution in [0.15, 0.2) is 18.2 Å². The molecule has 1 aromatic heterocycles. The van der Waals surface area contributed by atoms with Crippen LogP contribution < -0.4 is 5.32 Å². The van der Waals surface area contributed by atoms with Gasteiger partial charge >= 0.3 is 0 Å². The molecular weight excluding hydrogens is 262 g/mol. The van der Waals surface area contributed by atoms with E-state index in [1.54, 1.807) is 0 Å². The lowest BCUT2D eigenvalue weighted by molar-refractivity contribution is 0.0737. The molecule has 0 saturated carbocycles. The van der Waals surface area contributed by atoms with E-state index in [1.165, 1.54) is 5.56 Å². The number of rotatable bonds is 1. The Hall–Kier alpha value is -1.94. The minimum atomic E-state index is 0.122. The van der Waals surface area contributed by atoms with Crippen molar-refractivity contribution in [2.75, 3.05) is 26.2 Å². The van der Waals surface area contributed by atoms with Crippen molar-refractivity contribution in [1.82, 2.24) is 15.2 Å². The van der Waals surface area contributed by atoms with E-state index >= 15 is 0 Å². The monoisotopic (exact) mass is 283 g/mol. The standard InChI is InChI=1S/C17H21N3O/c1-11-8-12(2)16-14(9-11)15(10-13(3)19-16)17(21)20-6-4-18-5-7-20/h8-10,18H,4-7H2,1-3H3. The molecule has 0 atom stereocenters. The van der Waals surface area contributed by atoms with Gasteiger partial charge in [-0.3, -0.25) is 9.78 Å². The van der Waals surface area contributed by atoms with E-state index in [9.17, 15) is 4.79 Å². The number of piperazine rings is 1. The third kappa shape index (κ3) is 2.63. The van der Waals surface area contributed by atoms with Gasteiger partial charge in [0.15, 0.2) is 0 Å². The summed E-state index contributed by atoms with van der Waals surface area (Å²) in [5, 5.41) is 4.26. The lowest BCUT2D eigenvalue weighted by Crippen LogP contribution is -2.46. The molecule has 0 radical (unpaired) electrons. The van der Waals surface area contributed by atoms with Gasteiger partial charge < -0.3 is 10.2 Å². The number of fused-ring (bicyclic) bond motifs is 1. The van der Waals surface area contributed by atoms with Crippen molar-refractivity contribution < 1.29 is 4.79 Å². The zero-order chi connectivity index (χ0) is 15.0. The topological polar surface area (TPSA) is 45.2 Å². The van der Waals surface area contributed by atoms with Gasteiger partial charge in [-0.2, -0.15) is 0 Å². The molecule has 0 spiro atoms. The van der Waals surface area contributed by atoms with Crippen molar-refractivity contribution in [3.05, 3.63) is 40.6 Å². The smallest absolute Gasteiger partial charge is 0.254 e. The zero-order valence-corrected chi connectivity index (χ0v) is 12.9. The Labute approximate surface area is 125 Å². The van der Waals surface area contributed by atoms with E-state index in [2.05, 4.69) is 36.3 Å². The van der Waals surface area contributed by atoms with Crippen LogP contribution in [0, 0.1) is 20.8 Å². The minimum Gasteiger partial charge on any atom is -0.336 e. The molecule has 1 fully saturated rings. The Morgan fingerprint density at radius 2 is 1.86 bits per heavy atom. The number of nitrogens with one attached hydrogen (secondary N) is 1. The third-order valence-electron chi connectivity index (χ3n) is 4.01. The molecule has 2 aromatic rings. The van der Waals surface area contributed by atoms with Crippen LogP contribution in [0.4, 0.5) is 0 Å². The fourth-order valence-electron chi connectivity index (χ4n) is 3.02. The summed E-state index contributed by atoms with van der Waals surface area (Å²) in [5.41, 5.74) is 4.92. The number of aryl methyl sites for hydroxylation is 3. The molecule has 1 saturated heterocycles. The van der Waals surface area contributed by atoms with Crippen LogP contribution in [0.3, 0.4) is 0 Å². The summed E-state index contributed by atoms with van der Waals surface area (Å²) in [6.07, 6.45) is 0. The average Bonchev–Trinajstić information content (AvgIpc) is 2.47. The van der Waals surface area contributed by atoms with Crippen LogP contribution >= 0.6 is 0 Å². The highest BCUT2D eigenvalue weighted by Gasteiger charge is 2.21. The number of carbonyl (C=O) groups is 1. The lowest BCUT2D eigenvalue weighted by Gasteiger charge is -2.28. The second kappa shape index (κ2) is 5.45. The summed E-state index contributed by atoms with van der Waals surface area (Å²) in [4.78, 5) is 19.4. The van der Waals surface area contributed by atoms with Crippen LogP contribution in [-0.2, 0) is 0 Å². The van der Waals surface area contributed by atoms with Gasteiger partial charge in [-0.05, 0) is 38.5 Å². The van der Waals surface area contributed by atoms with Gasteiger partial charge in [0.25, 0.3) is 5.91 Å². The van der Waals surface area contributed by atoms with E-state index < -0.39 is 0 Å². The van der Waals surface area contributed by atoms with Crippen LogP contribution in [0.1, 0.15) is 27.2 Å². The molecule has 110 valence electrons. The highest BCUT2D eigenvalue weighted by Crippen LogP contribution is 2.24. The molecule has 1 aliphatic heterocycles. The first-order valence-corrected chi connectivity index (χ1v) is 7.45. The van der Waals surface area contributed by atoms with Crippen molar-refractivity contribution in [3.8, 4) is 0 Å². The second-order valence-electron chi connectivity index (χ2n) is 5.83. The summed E-state index contributed by atoms with van der Waals surface area (Å²) < 4.78 is 0. The highest BCUT2D eigenvalue weighted by molar-refractivity contribution is 6.07. The molecule has 1 aliphatic rings. The minimum absolute atomic E-state index is 0.122. The number of benzene rings is 1. The van der Waals surface area contributed by atoms with Crippen LogP contribution in [-0.4, -0.2) is 42.0 Å². The number of hydrogen-bond donors (Lipinski definition) is 1. The molecule has 2 heterocycles. The maximum absolute atomic E-state index is 12.9. The fraction of sp³-hybridized carbons (Fsp3) is 0.412. The van der Waals surface area contributed by atoms with E-state index in [1.807, 2.05) is 17.9 Å². The van der Waals surface area contributed by atoms with Gasteiger partial charge in [-0.15, -0.1) is 0 Å². The molecule has 0 aliphatic carbocycles. The molecule has 0 bridgehead atoms. The Morgan fingerprint density at radius 1 is 1.14 bits per heavy atom. The van der Waals surface area contributed by atoms with E-state index in [0.717, 1.165) is 53.9 Å². The maximum atomic E-state index is 12.9. The Balaban J connectivity index is 2.14. The Morgan fingerprint density at radius 3 is 2.57 bits per heavy atom. The van der Waals surface area contributed by atoms with E-state index in [4.69, 9.17) is 0 Å². The van der Waals surface area contributed by atoms with Gasteiger partial charge in [-0.1, -0.05) is 11.6 Å². The highest BCUT2D eigenvalue weighted by atomic mass is 16.2. The maximum Gasteiger partial charge on any atom is 0.254 e. The molecule has 4 nitrogen and oxygen atoms in total. The normalized spacial score (nSPS) is 15.5. The van der Waals surface area contributed by atoms with Gasteiger partial charge in [-0.25, -0.2) is 0 Å². The predicted octanol–water partition coefficient (Wildman–Crippen LogP) is 2.21. The molecular formula is C17H21N3O. The number of nitrogens with zero attached hydrogens (tertiary/aromatic N) is 2. The Kier molecular flexibility index (Phi) is 3.64. The van der Waals surface area contributed by atoms with Crippen LogP contribution in [0.5, 0.6) is 0 Å². The molecule has 21 heavy (non-hydrogen) atoms. The summed E-state index contributed by atoms with van der Waals surface area (Å²) in [7, 11) is 0. The van der Waals surface area contributed by atoms with Gasteiger partial charge in [0, 0.05) is 37.3 Å². The van der Waals surface area contributed by atoms with Crippen LogP contribution in [0.2, 0.25) is 0 Å². The number of hydrogen-bond acceptors (Lipinski definition) is 3. The molecule has 1 N–H and O–H groups in total. The SMILES string of the molecule is Cc1cc(C)c2nc(C)cc(C(=O)N3CCNCC3)c2c1.